The molecule has 0 spiro atoms. The first-order chi connectivity index (χ1) is 12.1. The van der Waals surface area contributed by atoms with Crippen LogP contribution in [0, 0.1) is 29.3 Å². The maximum absolute atomic E-state index is 13.6. The van der Waals surface area contributed by atoms with E-state index in [-0.39, 0.29) is 23.8 Å². The number of nitrogens with zero attached hydrogens (tertiary/aromatic N) is 1. The van der Waals surface area contributed by atoms with Crippen molar-refractivity contribution in [2.75, 3.05) is 23.9 Å². The van der Waals surface area contributed by atoms with Crippen LogP contribution < -0.4 is 5.32 Å². The zero-order chi connectivity index (χ0) is 19.2. The summed E-state index contributed by atoms with van der Waals surface area (Å²) in [6, 6.07) is 1.18. The molecule has 6 nitrogen and oxygen atoms in total. The Labute approximate surface area is 148 Å². The third-order valence-corrected chi connectivity index (χ3v) is 6.59. The largest absolute Gasteiger partial charge is 0.341 e. The number of carbonyl (C=O) groups excluding carboxylic acids is 2. The quantitative estimate of drug-likeness (QED) is 0.786. The van der Waals surface area contributed by atoms with Gasteiger partial charge in [-0.05, 0) is 25.0 Å². The molecule has 26 heavy (non-hydrogen) atoms. The molecule has 0 aromatic heterocycles. The number of rotatable bonds is 4. The number of hydrogen-bond donors (Lipinski definition) is 1. The molecule has 1 saturated heterocycles. The highest BCUT2D eigenvalue weighted by atomic mass is 32.2. The smallest absolute Gasteiger partial charge is 0.228 e. The first-order valence-corrected chi connectivity index (χ1v) is 9.84. The van der Waals surface area contributed by atoms with Crippen LogP contribution in [0.2, 0.25) is 0 Å². The van der Waals surface area contributed by atoms with Crippen molar-refractivity contribution >= 4 is 27.3 Å². The summed E-state index contributed by atoms with van der Waals surface area (Å²) in [5.41, 5.74) is -0.498. The highest BCUT2D eigenvalue weighted by molar-refractivity contribution is 7.91. The van der Waals surface area contributed by atoms with E-state index in [1.807, 2.05) is 0 Å². The van der Waals surface area contributed by atoms with Crippen LogP contribution in [0.1, 0.15) is 12.8 Å². The molecule has 10 heteroatoms. The zero-order valence-electron chi connectivity index (χ0n) is 13.8. The second-order valence-corrected chi connectivity index (χ2v) is 8.90. The molecule has 1 aliphatic carbocycles. The number of benzene rings is 1. The van der Waals surface area contributed by atoms with Crippen molar-refractivity contribution in [1.29, 1.82) is 0 Å². The Bertz CT molecular complexity index is 874. The number of amides is 2. The van der Waals surface area contributed by atoms with Crippen molar-refractivity contribution in [3.8, 4) is 0 Å². The Hall–Kier alpha value is -2.10. The van der Waals surface area contributed by atoms with Crippen LogP contribution in [-0.4, -0.2) is 49.7 Å². The lowest BCUT2D eigenvalue weighted by Gasteiger charge is -2.23. The molecule has 1 heterocycles. The number of hydrogen-bond acceptors (Lipinski definition) is 4. The van der Waals surface area contributed by atoms with Gasteiger partial charge in [-0.25, -0.2) is 21.6 Å². The molecule has 1 aliphatic heterocycles. The number of carbonyl (C=O) groups is 2. The summed E-state index contributed by atoms with van der Waals surface area (Å²) in [5, 5.41) is 2.16. The summed E-state index contributed by atoms with van der Waals surface area (Å²) in [4.78, 5) is 25.9. The molecule has 1 saturated carbocycles. The van der Waals surface area contributed by atoms with Gasteiger partial charge in [-0.15, -0.1) is 0 Å². The predicted molar refractivity (Wildman–Crippen MR) is 86.4 cm³/mol. The van der Waals surface area contributed by atoms with Gasteiger partial charge in [0.1, 0.15) is 0 Å². The minimum absolute atomic E-state index is 0.0271. The molecule has 2 amide bonds. The van der Waals surface area contributed by atoms with Crippen molar-refractivity contribution in [2.45, 2.75) is 18.9 Å². The average molecular weight is 390 g/mol. The van der Waals surface area contributed by atoms with Gasteiger partial charge in [0.05, 0.1) is 29.0 Å². The summed E-state index contributed by atoms with van der Waals surface area (Å²) in [6.07, 6.45) is 0.591. The number of halogens is 3. The molecule has 2 fully saturated rings. The van der Waals surface area contributed by atoms with Crippen LogP contribution in [0.4, 0.5) is 18.9 Å². The van der Waals surface area contributed by atoms with Crippen molar-refractivity contribution in [1.82, 2.24) is 4.90 Å². The normalized spacial score (nSPS) is 26.4. The standard InChI is InChI=1S/C16H17F3N2O4S/c1-21(8-4-5-26(24,25)7-8)16(23)10-6-9(10)15(22)20-12-3-2-11(17)13(18)14(12)19/h2-3,8-10H,4-7H2,1H3,(H,20,22). The van der Waals surface area contributed by atoms with Gasteiger partial charge in [-0.3, -0.25) is 9.59 Å². The van der Waals surface area contributed by atoms with Crippen molar-refractivity contribution in [3.63, 3.8) is 0 Å². The summed E-state index contributed by atoms with van der Waals surface area (Å²) in [7, 11) is -1.65. The molecule has 3 rings (SSSR count). The van der Waals surface area contributed by atoms with Crippen LogP contribution in [0.25, 0.3) is 0 Å². The molecule has 3 atom stereocenters. The van der Waals surface area contributed by atoms with E-state index in [2.05, 4.69) is 5.32 Å². The Morgan fingerprint density at radius 2 is 1.85 bits per heavy atom. The summed E-state index contributed by atoms with van der Waals surface area (Å²) in [5.74, 6) is -6.99. The fourth-order valence-corrected chi connectivity index (χ4v) is 4.90. The topological polar surface area (TPSA) is 83.6 Å². The van der Waals surface area contributed by atoms with Gasteiger partial charge in [-0.1, -0.05) is 0 Å². The van der Waals surface area contributed by atoms with E-state index >= 15 is 0 Å². The van der Waals surface area contributed by atoms with E-state index in [1.54, 1.807) is 0 Å². The lowest BCUT2D eigenvalue weighted by atomic mass is 10.2. The fourth-order valence-electron chi connectivity index (χ4n) is 3.13. The Morgan fingerprint density at radius 1 is 1.15 bits per heavy atom. The van der Waals surface area contributed by atoms with Crippen LogP contribution in [-0.2, 0) is 19.4 Å². The minimum atomic E-state index is -3.14. The van der Waals surface area contributed by atoms with Crippen LogP contribution in [0.15, 0.2) is 12.1 Å². The monoisotopic (exact) mass is 390 g/mol. The summed E-state index contributed by atoms with van der Waals surface area (Å²) < 4.78 is 62.7. The Morgan fingerprint density at radius 3 is 2.46 bits per heavy atom. The highest BCUT2D eigenvalue weighted by Gasteiger charge is 2.50. The molecule has 142 valence electrons. The van der Waals surface area contributed by atoms with Gasteiger partial charge in [0.15, 0.2) is 27.3 Å². The van der Waals surface area contributed by atoms with Crippen LogP contribution in [0.5, 0.6) is 0 Å². The molecule has 0 radical (unpaired) electrons. The second kappa shape index (κ2) is 6.57. The van der Waals surface area contributed by atoms with Gasteiger partial charge in [0.25, 0.3) is 0 Å². The molecule has 1 aromatic carbocycles. The first-order valence-electron chi connectivity index (χ1n) is 8.02. The SMILES string of the molecule is CN(C(=O)C1CC1C(=O)Nc1ccc(F)c(F)c1F)C1CCS(=O)(=O)C1. The molecule has 0 bridgehead atoms. The highest BCUT2D eigenvalue weighted by Crippen LogP contribution is 2.41. The lowest BCUT2D eigenvalue weighted by molar-refractivity contribution is -0.134. The van der Waals surface area contributed by atoms with E-state index in [0.717, 1.165) is 6.07 Å². The van der Waals surface area contributed by atoms with Crippen LogP contribution in [0.3, 0.4) is 0 Å². The fraction of sp³-hybridized carbons (Fsp3) is 0.500. The molecule has 3 unspecified atom stereocenters. The number of nitrogens with one attached hydrogen (secondary N) is 1. The third kappa shape index (κ3) is 3.55. The Kier molecular flexibility index (Phi) is 4.72. The van der Waals surface area contributed by atoms with Gasteiger partial charge in [0.2, 0.25) is 11.8 Å². The molecule has 1 N–H and O–H groups in total. The van der Waals surface area contributed by atoms with Crippen LogP contribution >= 0.6 is 0 Å². The molecule has 2 aliphatic rings. The Balaban J connectivity index is 1.60. The van der Waals surface area contributed by atoms with E-state index in [4.69, 9.17) is 0 Å². The lowest BCUT2D eigenvalue weighted by Crippen LogP contribution is -2.39. The third-order valence-electron chi connectivity index (χ3n) is 4.84. The van der Waals surface area contributed by atoms with Crippen molar-refractivity contribution < 1.29 is 31.2 Å². The van der Waals surface area contributed by atoms with E-state index in [9.17, 15) is 31.2 Å². The zero-order valence-corrected chi connectivity index (χ0v) is 14.7. The second-order valence-electron chi connectivity index (χ2n) is 6.67. The van der Waals surface area contributed by atoms with Gasteiger partial charge in [0, 0.05) is 13.1 Å². The van der Waals surface area contributed by atoms with Crippen molar-refractivity contribution in [3.05, 3.63) is 29.6 Å². The van der Waals surface area contributed by atoms with Gasteiger partial charge in [-0.2, -0.15) is 0 Å². The summed E-state index contributed by atoms with van der Waals surface area (Å²) >= 11 is 0. The molecular weight excluding hydrogens is 373 g/mol. The van der Waals surface area contributed by atoms with E-state index in [0.29, 0.717) is 12.5 Å². The molecular formula is C16H17F3N2O4S. The number of anilines is 1. The van der Waals surface area contributed by atoms with E-state index < -0.39 is 56.8 Å². The van der Waals surface area contributed by atoms with Crippen molar-refractivity contribution in [2.24, 2.45) is 11.8 Å². The summed E-state index contributed by atoms with van der Waals surface area (Å²) in [6.45, 7) is 0. The van der Waals surface area contributed by atoms with E-state index in [1.165, 1.54) is 11.9 Å². The van der Waals surface area contributed by atoms with Gasteiger partial charge < -0.3 is 10.2 Å². The van der Waals surface area contributed by atoms with Gasteiger partial charge >= 0.3 is 0 Å². The predicted octanol–water partition coefficient (Wildman–Crippen LogP) is 1.32. The first kappa shape index (κ1) is 18.7. The maximum Gasteiger partial charge on any atom is 0.228 e. The average Bonchev–Trinajstić information content (AvgIpc) is 3.31. The maximum atomic E-state index is 13.6. The molecule has 1 aromatic rings. The number of sulfone groups is 1. The minimum Gasteiger partial charge on any atom is -0.341 e.